The molecule has 2 rings (SSSR count). The molecular formula is C16H17BrClFN2. The molecule has 0 aromatic heterocycles. The van der Waals surface area contributed by atoms with Gasteiger partial charge in [0, 0.05) is 23.2 Å². The average Bonchev–Trinajstić information content (AvgIpc) is 2.47. The Labute approximate surface area is 137 Å². The van der Waals surface area contributed by atoms with Gasteiger partial charge in [-0.2, -0.15) is 0 Å². The quantitative estimate of drug-likeness (QED) is 0.820. The SMILES string of the molecule is CCN(c1cccc(F)c1)C(CN)c1ccc(Cl)c(Br)c1. The summed E-state index contributed by atoms with van der Waals surface area (Å²) in [5, 5.41) is 0.656. The molecule has 2 N–H and O–H groups in total. The maximum Gasteiger partial charge on any atom is 0.125 e. The zero-order valence-corrected chi connectivity index (χ0v) is 14.0. The molecular weight excluding hydrogens is 355 g/mol. The van der Waals surface area contributed by atoms with Gasteiger partial charge in [-0.1, -0.05) is 23.7 Å². The molecule has 0 radical (unpaired) electrons. The Hall–Kier alpha value is -1.10. The van der Waals surface area contributed by atoms with Gasteiger partial charge in [0.05, 0.1) is 11.1 Å². The second kappa shape index (κ2) is 7.25. The molecule has 0 fully saturated rings. The van der Waals surface area contributed by atoms with Gasteiger partial charge in [-0.15, -0.1) is 0 Å². The highest BCUT2D eigenvalue weighted by molar-refractivity contribution is 9.10. The molecule has 2 aromatic rings. The van der Waals surface area contributed by atoms with Crippen LogP contribution in [-0.4, -0.2) is 13.1 Å². The third-order valence-electron chi connectivity index (χ3n) is 3.41. The maximum absolute atomic E-state index is 13.5. The number of nitrogens with zero attached hydrogens (tertiary/aromatic N) is 1. The van der Waals surface area contributed by atoms with Gasteiger partial charge in [-0.3, -0.25) is 0 Å². The molecule has 2 aromatic carbocycles. The van der Waals surface area contributed by atoms with Crippen molar-refractivity contribution in [2.75, 3.05) is 18.0 Å². The monoisotopic (exact) mass is 370 g/mol. The smallest absolute Gasteiger partial charge is 0.125 e. The predicted molar refractivity (Wildman–Crippen MR) is 90.4 cm³/mol. The van der Waals surface area contributed by atoms with Crippen molar-refractivity contribution in [3.05, 3.63) is 63.3 Å². The van der Waals surface area contributed by atoms with Crippen molar-refractivity contribution < 1.29 is 4.39 Å². The van der Waals surface area contributed by atoms with E-state index in [4.69, 9.17) is 17.3 Å². The van der Waals surface area contributed by atoms with Crippen molar-refractivity contribution in [1.29, 1.82) is 0 Å². The Balaban J connectivity index is 2.39. The van der Waals surface area contributed by atoms with Crippen LogP contribution >= 0.6 is 27.5 Å². The summed E-state index contributed by atoms with van der Waals surface area (Å²) in [5.41, 5.74) is 7.82. The largest absolute Gasteiger partial charge is 0.363 e. The van der Waals surface area contributed by atoms with E-state index in [1.165, 1.54) is 12.1 Å². The van der Waals surface area contributed by atoms with Crippen LogP contribution in [0.5, 0.6) is 0 Å². The highest BCUT2D eigenvalue weighted by Crippen LogP contribution is 2.31. The number of anilines is 1. The van der Waals surface area contributed by atoms with Crippen molar-refractivity contribution >= 4 is 33.2 Å². The Bertz CT molecular complexity index is 621. The van der Waals surface area contributed by atoms with Crippen LogP contribution in [0.2, 0.25) is 5.02 Å². The summed E-state index contributed by atoms with van der Waals surface area (Å²) in [6, 6.07) is 12.3. The van der Waals surface area contributed by atoms with Crippen LogP contribution in [0.1, 0.15) is 18.5 Å². The third-order valence-corrected chi connectivity index (χ3v) is 4.62. The Morgan fingerprint density at radius 3 is 2.62 bits per heavy atom. The van der Waals surface area contributed by atoms with E-state index in [0.717, 1.165) is 22.3 Å². The van der Waals surface area contributed by atoms with Gasteiger partial charge in [-0.05, 0) is 58.7 Å². The number of hydrogen-bond donors (Lipinski definition) is 1. The van der Waals surface area contributed by atoms with E-state index in [1.807, 2.05) is 31.2 Å². The molecule has 2 nitrogen and oxygen atoms in total. The number of rotatable bonds is 5. The molecule has 0 heterocycles. The lowest BCUT2D eigenvalue weighted by Gasteiger charge is -2.32. The summed E-state index contributed by atoms with van der Waals surface area (Å²) in [5.74, 6) is -0.251. The van der Waals surface area contributed by atoms with Crippen molar-refractivity contribution in [3.63, 3.8) is 0 Å². The van der Waals surface area contributed by atoms with E-state index in [0.29, 0.717) is 11.6 Å². The maximum atomic E-state index is 13.5. The number of benzene rings is 2. The Morgan fingerprint density at radius 1 is 1.29 bits per heavy atom. The van der Waals surface area contributed by atoms with Crippen LogP contribution in [0.25, 0.3) is 0 Å². The third kappa shape index (κ3) is 3.76. The minimum atomic E-state index is -0.251. The summed E-state index contributed by atoms with van der Waals surface area (Å²) in [6.45, 7) is 3.18. The molecule has 1 unspecified atom stereocenters. The first-order chi connectivity index (χ1) is 10.1. The van der Waals surface area contributed by atoms with Gasteiger partial charge >= 0.3 is 0 Å². The van der Waals surface area contributed by atoms with Crippen molar-refractivity contribution in [3.8, 4) is 0 Å². The number of hydrogen-bond acceptors (Lipinski definition) is 2. The lowest BCUT2D eigenvalue weighted by molar-refractivity contribution is 0.616. The first-order valence-electron chi connectivity index (χ1n) is 6.74. The average molecular weight is 372 g/mol. The molecule has 5 heteroatoms. The van der Waals surface area contributed by atoms with Crippen LogP contribution in [0.4, 0.5) is 10.1 Å². The van der Waals surface area contributed by atoms with Gasteiger partial charge in [0.25, 0.3) is 0 Å². The molecule has 0 saturated carbocycles. The highest BCUT2D eigenvalue weighted by Gasteiger charge is 2.19. The summed E-state index contributed by atoms with van der Waals surface area (Å²) in [4.78, 5) is 2.08. The van der Waals surface area contributed by atoms with Crippen LogP contribution in [0, 0.1) is 5.82 Å². The van der Waals surface area contributed by atoms with Crippen molar-refractivity contribution in [2.24, 2.45) is 5.73 Å². The van der Waals surface area contributed by atoms with Gasteiger partial charge < -0.3 is 10.6 Å². The highest BCUT2D eigenvalue weighted by atomic mass is 79.9. The van der Waals surface area contributed by atoms with Gasteiger partial charge in [0.2, 0.25) is 0 Å². The number of halogens is 3. The normalized spacial score (nSPS) is 12.2. The fourth-order valence-corrected chi connectivity index (χ4v) is 2.91. The minimum Gasteiger partial charge on any atom is -0.363 e. The molecule has 0 saturated heterocycles. The summed E-state index contributed by atoms with van der Waals surface area (Å²) in [7, 11) is 0. The second-order valence-corrected chi connectivity index (χ2v) is 5.95. The molecule has 0 aliphatic rings. The van der Waals surface area contributed by atoms with E-state index >= 15 is 0 Å². The van der Waals surface area contributed by atoms with Crippen molar-refractivity contribution in [1.82, 2.24) is 0 Å². The fraction of sp³-hybridized carbons (Fsp3) is 0.250. The van der Waals surface area contributed by atoms with Crippen LogP contribution < -0.4 is 10.6 Å². The van der Waals surface area contributed by atoms with Crippen LogP contribution in [-0.2, 0) is 0 Å². The first kappa shape index (κ1) is 16.3. The molecule has 0 aliphatic carbocycles. The van der Waals surface area contributed by atoms with E-state index in [-0.39, 0.29) is 11.9 Å². The Morgan fingerprint density at radius 2 is 2.05 bits per heavy atom. The number of likely N-dealkylation sites (N-methyl/N-ethyl adjacent to an activating group) is 1. The minimum absolute atomic E-state index is 0.0367. The van der Waals surface area contributed by atoms with E-state index < -0.39 is 0 Å². The zero-order valence-electron chi connectivity index (χ0n) is 11.7. The van der Waals surface area contributed by atoms with E-state index in [2.05, 4.69) is 20.8 Å². The van der Waals surface area contributed by atoms with Crippen LogP contribution in [0.15, 0.2) is 46.9 Å². The molecule has 0 spiro atoms. The summed E-state index contributed by atoms with van der Waals surface area (Å²) >= 11 is 9.47. The summed E-state index contributed by atoms with van der Waals surface area (Å²) in [6.07, 6.45) is 0. The lowest BCUT2D eigenvalue weighted by atomic mass is 10.0. The molecule has 0 bridgehead atoms. The van der Waals surface area contributed by atoms with Gasteiger partial charge in [0.1, 0.15) is 5.82 Å². The predicted octanol–water partition coefficient (Wildman–Crippen LogP) is 4.77. The number of nitrogens with two attached hydrogens (primary N) is 1. The molecule has 1 atom stereocenters. The lowest BCUT2D eigenvalue weighted by Crippen LogP contribution is -2.33. The molecule has 0 aliphatic heterocycles. The van der Waals surface area contributed by atoms with Crippen LogP contribution in [0.3, 0.4) is 0 Å². The van der Waals surface area contributed by atoms with Gasteiger partial charge in [-0.25, -0.2) is 4.39 Å². The summed E-state index contributed by atoms with van der Waals surface area (Å²) < 4.78 is 14.3. The topological polar surface area (TPSA) is 29.3 Å². The first-order valence-corrected chi connectivity index (χ1v) is 7.91. The second-order valence-electron chi connectivity index (χ2n) is 4.69. The standard InChI is InChI=1S/C16H17BrClFN2/c1-2-21(13-5-3-4-12(19)9-13)16(10-20)11-6-7-15(18)14(17)8-11/h3-9,16H,2,10,20H2,1H3. The zero-order chi connectivity index (χ0) is 15.4. The van der Waals surface area contributed by atoms with E-state index in [9.17, 15) is 4.39 Å². The fourth-order valence-electron chi connectivity index (χ4n) is 2.40. The van der Waals surface area contributed by atoms with E-state index in [1.54, 1.807) is 6.07 Å². The molecule has 0 amide bonds. The Kier molecular flexibility index (Phi) is 5.62. The molecule has 112 valence electrons. The molecule has 21 heavy (non-hydrogen) atoms. The van der Waals surface area contributed by atoms with Crippen molar-refractivity contribution in [2.45, 2.75) is 13.0 Å². The van der Waals surface area contributed by atoms with Gasteiger partial charge in [0.15, 0.2) is 0 Å².